The van der Waals surface area contributed by atoms with Gasteiger partial charge in [0.15, 0.2) is 5.78 Å². The fourth-order valence-corrected chi connectivity index (χ4v) is 6.78. The maximum Gasteiger partial charge on any atom is 0.164 e. The summed E-state index contributed by atoms with van der Waals surface area (Å²) < 4.78 is 2.32. The number of aliphatic hydroxyl groups is 1. The van der Waals surface area contributed by atoms with Crippen LogP contribution in [-0.2, 0) is 24.9 Å². The van der Waals surface area contributed by atoms with E-state index in [9.17, 15) is 9.90 Å². The first-order chi connectivity index (χ1) is 24.2. The standard InChI is InChI=1S/C31H19N2.C15H28O2.Ir/c1-2-11-21(12-3-1)31-32-28-19-10-18-27-25-16-7-5-14-23(25)22-13-4-6-15-24(22)26-17-8-9-20-29(26)33(31)30(27)28;1-7-14(5,8-2)12(16)11-13(17)15(6,9-3)10-4;/h1-11,13-20H;11,16H,7-10H2,1-6H3;/q-1;;/b;12-11-;. The molecule has 2 heterocycles. The van der Waals surface area contributed by atoms with Crippen molar-refractivity contribution in [2.24, 2.45) is 10.8 Å². The van der Waals surface area contributed by atoms with Gasteiger partial charge in [-0.05, 0) is 59.4 Å². The molecule has 51 heavy (non-hydrogen) atoms. The molecule has 0 saturated carbocycles. The minimum absolute atomic E-state index is 0. The first-order valence-corrected chi connectivity index (χ1v) is 17.9. The molecule has 0 atom stereocenters. The summed E-state index contributed by atoms with van der Waals surface area (Å²) in [6, 6.07) is 44.0. The van der Waals surface area contributed by atoms with E-state index in [-0.39, 0.29) is 42.5 Å². The van der Waals surface area contributed by atoms with Gasteiger partial charge in [0.25, 0.3) is 0 Å². The Bertz CT molecular complexity index is 2380. The fourth-order valence-electron chi connectivity index (χ4n) is 6.78. The van der Waals surface area contributed by atoms with Crippen molar-refractivity contribution in [3.05, 3.63) is 133 Å². The Kier molecular flexibility index (Phi) is 11.6. The van der Waals surface area contributed by atoms with Crippen LogP contribution in [0.25, 0.3) is 60.3 Å². The van der Waals surface area contributed by atoms with Crippen LogP contribution < -0.4 is 0 Å². The number of para-hydroxylation sites is 2. The summed E-state index contributed by atoms with van der Waals surface area (Å²) >= 11 is 0. The van der Waals surface area contributed by atoms with Crippen LogP contribution in [0.15, 0.2) is 127 Å². The Labute approximate surface area is 315 Å². The molecule has 0 aliphatic rings. The minimum atomic E-state index is -0.337. The van der Waals surface area contributed by atoms with Crippen LogP contribution in [0.5, 0.6) is 0 Å². The quantitative estimate of drug-likeness (QED) is 0.0941. The fraction of sp³-hybridized carbons (Fsp3) is 0.261. The second kappa shape index (κ2) is 15.8. The van der Waals surface area contributed by atoms with Crippen LogP contribution in [0, 0.1) is 16.9 Å². The molecule has 263 valence electrons. The molecule has 0 fully saturated rings. The molecule has 0 amide bonds. The van der Waals surface area contributed by atoms with E-state index in [0.29, 0.717) is 0 Å². The van der Waals surface area contributed by atoms with Crippen molar-refractivity contribution in [2.75, 3.05) is 0 Å². The van der Waals surface area contributed by atoms with Crippen LogP contribution in [0.2, 0.25) is 0 Å². The van der Waals surface area contributed by atoms with Gasteiger partial charge in [-0.3, -0.25) is 9.78 Å². The summed E-state index contributed by atoms with van der Waals surface area (Å²) in [5, 5.41) is 17.4. The Morgan fingerprint density at radius 3 is 1.71 bits per heavy atom. The third-order valence-corrected chi connectivity index (χ3v) is 11.1. The normalized spacial score (nSPS) is 12.2. The molecule has 7 rings (SSSR count). The molecular formula is C46H47IrN2O2-. The Morgan fingerprint density at radius 1 is 0.667 bits per heavy atom. The van der Waals surface area contributed by atoms with Crippen LogP contribution in [0.4, 0.5) is 0 Å². The number of aliphatic hydroxyl groups excluding tert-OH is 1. The molecule has 7 aromatic rings. The smallest absolute Gasteiger partial charge is 0.164 e. The number of aromatic nitrogens is 2. The molecular weight excluding hydrogens is 805 g/mol. The van der Waals surface area contributed by atoms with E-state index in [2.05, 4.69) is 108 Å². The molecule has 1 radical (unpaired) electrons. The van der Waals surface area contributed by atoms with Crippen molar-refractivity contribution in [1.29, 1.82) is 0 Å². The number of rotatable bonds is 8. The molecule has 0 unspecified atom stereocenters. The molecule has 0 aliphatic heterocycles. The number of hydrogen-bond donors (Lipinski definition) is 1. The van der Waals surface area contributed by atoms with Gasteiger partial charge in [-0.25, -0.2) is 0 Å². The number of ketones is 1. The van der Waals surface area contributed by atoms with E-state index >= 15 is 0 Å². The molecule has 5 heteroatoms. The van der Waals surface area contributed by atoms with Crippen molar-refractivity contribution < 1.29 is 30.0 Å². The Morgan fingerprint density at radius 2 is 1.16 bits per heavy atom. The van der Waals surface area contributed by atoms with Gasteiger partial charge >= 0.3 is 0 Å². The van der Waals surface area contributed by atoms with Gasteiger partial charge in [0.2, 0.25) is 0 Å². The van der Waals surface area contributed by atoms with Crippen molar-refractivity contribution in [3.8, 4) is 11.4 Å². The Balaban J connectivity index is 0.000000242. The zero-order valence-corrected chi connectivity index (χ0v) is 32.9. The van der Waals surface area contributed by atoms with Gasteiger partial charge in [-0.2, -0.15) is 0 Å². The summed E-state index contributed by atoms with van der Waals surface area (Å²) in [6.45, 7) is 12.1. The molecule has 0 bridgehead atoms. The van der Waals surface area contributed by atoms with Gasteiger partial charge in [-0.15, -0.1) is 35.9 Å². The second-order valence-corrected chi connectivity index (χ2v) is 13.8. The summed E-state index contributed by atoms with van der Waals surface area (Å²) in [6.07, 6.45) is 4.75. The zero-order chi connectivity index (χ0) is 35.5. The predicted molar refractivity (Wildman–Crippen MR) is 211 cm³/mol. The van der Waals surface area contributed by atoms with Gasteiger partial charge in [-0.1, -0.05) is 120 Å². The number of carbonyl (C=O) groups excluding carboxylic acids is 1. The molecule has 0 aliphatic carbocycles. The van der Waals surface area contributed by atoms with Crippen LogP contribution in [0.3, 0.4) is 0 Å². The molecule has 1 N–H and O–H groups in total. The minimum Gasteiger partial charge on any atom is -0.512 e. The molecule has 0 spiro atoms. The zero-order valence-electron chi connectivity index (χ0n) is 30.5. The van der Waals surface area contributed by atoms with E-state index < -0.39 is 0 Å². The maximum absolute atomic E-state index is 12.2. The topological polar surface area (TPSA) is 54.6 Å². The molecule has 4 nitrogen and oxygen atoms in total. The van der Waals surface area contributed by atoms with Crippen molar-refractivity contribution in [1.82, 2.24) is 9.38 Å². The first-order valence-electron chi connectivity index (χ1n) is 17.9. The van der Waals surface area contributed by atoms with E-state index in [1.807, 2.05) is 59.7 Å². The van der Waals surface area contributed by atoms with Crippen molar-refractivity contribution >= 4 is 54.7 Å². The summed E-state index contributed by atoms with van der Waals surface area (Å²) in [5.41, 5.74) is 3.61. The first kappa shape index (κ1) is 37.7. The van der Waals surface area contributed by atoms with Gasteiger partial charge in [0.1, 0.15) is 5.76 Å². The largest absolute Gasteiger partial charge is 0.512 e. The van der Waals surface area contributed by atoms with Gasteiger partial charge in [0, 0.05) is 53.3 Å². The number of benzene rings is 5. The van der Waals surface area contributed by atoms with Gasteiger partial charge in [0.05, 0.1) is 16.9 Å². The summed E-state index contributed by atoms with van der Waals surface area (Å²) in [5.74, 6) is 1.19. The van der Waals surface area contributed by atoms with Gasteiger partial charge < -0.3 is 9.51 Å². The SMILES string of the molecule is CCC(C)(CC)C(=O)/C=C(\O)C(C)(CC)CC.[Ir].[c-]1ccccc1-c1nc2cccc3c4ccccc4c4ccccc4c4ccccc4n1c23. The van der Waals surface area contributed by atoms with E-state index in [1.165, 1.54) is 38.4 Å². The van der Waals surface area contributed by atoms with Crippen molar-refractivity contribution in [2.45, 2.75) is 67.2 Å². The number of nitrogens with zero attached hydrogens (tertiary/aromatic N) is 2. The summed E-state index contributed by atoms with van der Waals surface area (Å²) in [7, 11) is 0. The van der Waals surface area contributed by atoms with Crippen LogP contribution >= 0.6 is 0 Å². The number of imidazole rings is 1. The van der Waals surface area contributed by atoms with Crippen LogP contribution in [0.1, 0.15) is 67.2 Å². The molecule has 5 aromatic carbocycles. The van der Waals surface area contributed by atoms with Crippen LogP contribution in [-0.4, -0.2) is 20.3 Å². The number of fused-ring (bicyclic) bond motifs is 7. The maximum atomic E-state index is 12.2. The number of carbonyl (C=O) groups is 1. The third kappa shape index (κ3) is 7.03. The van der Waals surface area contributed by atoms with E-state index in [1.54, 1.807) is 0 Å². The molecule has 0 saturated heterocycles. The number of hydrogen-bond acceptors (Lipinski definition) is 3. The Hall–Kier alpha value is -4.57. The van der Waals surface area contributed by atoms with E-state index in [0.717, 1.165) is 53.6 Å². The van der Waals surface area contributed by atoms with E-state index in [4.69, 9.17) is 4.98 Å². The average Bonchev–Trinajstić information content (AvgIpc) is 3.58. The second-order valence-electron chi connectivity index (χ2n) is 13.8. The van der Waals surface area contributed by atoms with Crippen molar-refractivity contribution in [3.63, 3.8) is 0 Å². The summed E-state index contributed by atoms with van der Waals surface area (Å²) in [4.78, 5) is 17.3. The number of allylic oxidation sites excluding steroid dienone is 2. The predicted octanol–water partition coefficient (Wildman–Crippen LogP) is 12.6. The average molecular weight is 852 g/mol. The molecule has 2 aromatic heterocycles. The third-order valence-electron chi connectivity index (χ3n) is 11.1. The monoisotopic (exact) mass is 852 g/mol.